The predicted octanol–water partition coefficient (Wildman–Crippen LogP) is 9.46. The SMILES string of the molecule is CC(=O)Cn1cc(C(N)=O)c2cc(-c3cnn4c3CCC4)ccc21.Cc1cccc(NC(=O)[C@@H]2C3CCC(C3)N2C(=O)Cn2cc(C(N)=O)c3cc(-c4ccn5c4CCC5)ccc32)n1.Cc1cccc(NC(=O)[C@H]2NC3CCC2C3)n1.Cl.NC(=O)c1cn(CC(=O)O)c2ccc(-c3cnn4c3CCC4)cc12.S=S=S=S=S=S=S=S=S=S.S=S=S=S=S=S=S=S=S=S=S.S=S=S=S=S=S=S=S=S=S=S=S. The Bertz CT molecular complexity index is 7720. The van der Waals surface area contributed by atoms with Gasteiger partial charge in [0.15, 0.2) is 0 Å². The molecule has 2 saturated carbocycles. The summed E-state index contributed by atoms with van der Waals surface area (Å²) in [4.78, 5) is 108. The minimum atomic E-state index is -0.971. The second-order valence-corrected chi connectivity index (χ2v) is 78.3. The van der Waals surface area contributed by atoms with Gasteiger partial charge in [0.25, 0.3) is 17.7 Å². The Morgan fingerprint density at radius 2 is 0.849 bits per heavy atom. The monoisotopic (exact) mass is 2500 g/mol. The van der Waals surface area contributed by atoms with Crippen LogP contribution < -0.4 is 33.2 Å². The Balaban J connectivity index is 0.000000164. The molecule has 2 aliphatic carbocycles. The minimum Gasteiger partial charge on any atom is -0.480 e. The number of nitrogens with zero attached hydrogens (tertiary/aromatic N) is 11. The molecule has 3 aromatic carbocycles. The molecule has 10 N–H and O–H groups in total. The van der Waals surface area contributed by atoms with Crippen LogP contribution in [0.2, 0.25) is 0 Å². The number of halogens is 1. The van der Waals surface area contributed by atoms with Gasteiger partial charge >= 0.3 is 5.97 Å². The Hall–Kier alpha value is -4.25. The number of carboxylic acid groups (broad SMARTS) is 1. The molecule has 18 rings (SSSR count). The number of rotatable bonds is 16. The number of aryl methyl sites for hydroxylation is 5. The Labute approximate surface area is 913 Å². The van der Waals surface area contributed by atoms with E-state index in [4.69, 9.17) is 22.3 Å². The van der Waals surface area contributed by atoms with Gasteiger partial charge in [0.1, 0.15) is 36.6 Å². The number of aromatic nitrogens is 10. The predicted molar refractivity (Wildman–Crippen MR) is 646 cm³/mol. The molecule has 4 fully saturated rings. The number of nitrogens with one attached hydrogen (secondary N) is 3. The average molecular weight is 2510 g/mol. The number of piperidine rings is 2. The lowest BCUT2D eigenvalue weighted by Crippen LogP contribution is -2.51. The number of carbonyl (C=O) groups excluding carboxylic acids is 7. The number of primary amides is 3. The summed E-state index contributed by atoms with van der Waals surface area (Å²) >= 11 is 28.0. The quantitative estimate of drug-likeness (QED) is 0.0473. The molecule has 26 nitrogen and oxygen atoms in total. The molecule has 744 valence electrons. The number of hydrogen-bond acceptors (Lipinski definition) is 19. The van der Waals surface area contributed by atoms with Crippen molar-refractivity contribution in [3.8, 4) is 33.4 Å². The van der Waals surface area contributed by atoms with Crippen molar-refractivity contribution >= 4 is 411 Å². The highest BCUT2D eigenvalue weighted by atomic mass is 35.5. The summed E-state index contributed by atoms with van der Waals surface area (Å²) < 4.78 is 11.4. The second-order valence-electron chi connectivity index (χ2n) is 30.6. The first-order valence-electron chi connectivity index (χ1n) is 41.0. The number of fused-ring (bicyclic) bond motifs is 10. The molecular weight excluding hydrogens is 2420 g/mol. The van der Waals surface area contributed by atoms with Crippen LogP contribution in [0.4, 0.5) is 11.6 Å². The molecule has 139 heavy (non-hydrogen) atoms. The lowest BCUT2D eigenvalue weighted by molar-refractivity contribution is -0.141. The minimum absolute atomic E-state index is 0. The maximum absolute atomic E-state index is 13.8. The van der Waals surface area contributed by atoms with Crippen molar-refractivity contribution in [3.63, 3.8) is 0 Å². The molecule has 0 spiro atoms. The van der Waals surface area contributed by atoms with E-state index < -0.39 is 29.7 Å². The van der Waals surface area contributed by atoms with Crippen LogP contribution in [0.15, 0.2) is 134 Å². The lowest BCUT2D eigenvalue weighted by Gasteiger charge is -2.34. The summed E-state index contributed by atoms with van der Waals surface area (Å²) in [6.45, 7) is 8.28. The standard InChI is InChI=1S/C31H32N6O3.C18H18N4O2.C17H16N4O3.C13H17N3O.ClH.S12.S11.S10/c1-18-4-2-6-27(33-18)34-31(40)29-20-7-9-21(14-20)37(29)28(38)17-36-16-24(30(32)39)23-15-19(8-10-26(23)36)22-11-13-35-12-3-5-25(22)35;1-11(23)9-21-10-15(18(19)24)13-7-12(4-5-16(13)21)14-8-20-22-6-2-3-17(14)22;18-17(24)13-8-20(9-16(22)23)14-4-3-10(6-11(13)14)12-7-19-21-5-1-2-15(12)21;1-8-3-2-4-11(14-8)16-13(17)12-9-5-6-10(7-9)15-12;;1-3-5-7-9-11-12-10-8-6-4-2;1-3-5-7-9-11-10-8-6-4-2;1-3-5-7-9-10-8-6-4-2/h2,4,6,8,10-11,13,15-16,20-21,29H,3,5,7,9,12,14,17H2,1H3,(H2,32,39)(H,33,34,40);4-5,7-8,10H,2-3,6,9H2,1H3,(H2,19,24);3-4,6-8H,1-2,5,9H2,(H2,18,24)(H,22,23);2-4,9-10,12,15H,5-7H2,1H3,(H,14,16,17);1H;;;/t20?,21?,29-;;;9?,10?,12-;;;;/m0..0..../s1. The highest BCUT2D eigenvalue weighted by Gasteiger charge is 2.51. The van der Waals surface area contributed by atoms with E-state index in [1.807, 2.05) is 121 Å². The fraction of sp³-hybridized carbons (Fsp3) is 0.342. The fourth-order valence-corrected chi connectivity index (χ4v) is 75.0. The lowest BCUT2D eigenvalue weighted by atomic mass is 9.97. The van der Waals surface area contributed by atoms with Crippen LogP contribution in [0.25, 0.3) is 66.1 Å². The van der Waals surface area contributed by atoms with Crippen molar-refractivity contribution in [1.29, 1.82) is 0 Å². The third-order valence-electron chi connectivity index (χ3n) is 22.5. The number of aliphatic carboxylic acids is 1. The molecule has 13 heterocycles. The fourth-order valence-electron chi connectivity index (χ4n) is 17.4. The van der Waals surface area contributed by atoms with E-state index in [9.17, 15) is 38.4 Å². The number of carbonyl (C=O) groups is 8. The normalized spacial score (nSPS) is 16.1. The van der Waals surface area contributed by atoms with Crippen molar-refractivity contribution in [3.05, 3.63) is 179 Å². The summed E-state index contributed by atoms with van der Waals surface area (Å²) in [7, 11) is 43.5. The maximum atomic E-state index is 13.8. The third kappa shape index (κ3) is 32.9. The van der Waals surface area contributed by atoms with Gasteiger partial charge < -0.3 is 61.4 Å². The van der Waals surface area contributed by atoms with Crippen LogP contribution in [-0.2, 0) is 389 Å². The number of Topliss-reactive ketones (excluding diaryl/α,β-unsaturated/α-hetero) is 1. The first-order valence-corrected chi connectivity index (χ1v) is 81.0. The summed E-state index contributed by atoms with van der Waals surface area (Å²) in [5, 5.41) is 29.3. The second kappa shape index (κ2) is 59.7. The van der Waals surface area contributed by atoms with Crippen LogP contribution in [-0.4, -0.2) is 129 Å². The number of benzene rings is 3. The van der Waals surface area contributed by atoms with E-state index in [0.717, 1.165) is 145 Å². The summed E-state index contributed by atoms with van der Waals surface area (Å²) in [6, 6.07) is 30.9. The third-order valence-corrected chi connectivity index (χ3v) is 75.8. The molecule has 5 aliphatic heterocycles. The molecule has 0 radical (unpaired) electrons. The molecule has 6 atom stereocenters. The zero-order valence-corrected chi connectivity index (χ0v) is 100. The number of amides is 6. The van der Waals surface area contributed by atoms with Gasteiger partial charge in [0.2, 0.25) is 17.7 Å². The molecule has 60 heteroatoms. The highest BCUT2D eigenvalue weighted by molar-refractivity contribution is 8.76. The number of pyridine rings is 2. The van der Waals surface area contributed by atoms with Gasteiger partial charge in [-0.3, -0.25) is 47.7 Å². The zero-order valence-electron chi connectivity index (χ0n) is 72.6. The van der Waals surface area contributed by atoms with Crippen molar-refractivity contribution in [2.45, 2.75) is 161 Å². The number of likely N-dealkylation sites (tertiary alicyclic amines) is 1. The van der Waals surface area contributed by atoms with E-state index in [1.54, 1.807) is 219 Å². The van der Waals surface area contributed by atoms with Gasteiger partial charge in [-0.2, -0.15) is 10.2 Å². The van der Waals surface area contributed by atoms with Gasteiger partial charge in [0, 0.05) is 441 Å². The first kappa shape index (κ1) is 115. The number of ketones is 1. The van der Waals surface area contributed by atoms with Crippen LogP contribution in [0, 0.1) is 25.7 Å². The molecule has 8 aromatic heterocycles. The largest absolute Gasteiger partial charge is 0.480 e. The highest BCUT2D eigenvalue weighted by Crippen LogP contribution is 2.44. The average Bonchev–Trinajstić information content (AvgIpc) is 1.57. The van der Waals surface area contributed by atoms with Gasteiger partial charge in [-0.15, -0.1) is 12.4 Å². The van der Waals surface area contributed by atoms with E-state index >= 15 is 0 Å². The molecule has 4 bridgehead atoms. The maximum Gasteiger partial charge on any atom is 0.323 e. The molecule has 7 aliphatic rings. The van der Waals surface area contributed by atoms with Crippen molar-refractivity contribution < 1.29 is 43.5 Å². The summed E-state index contributed by atoms with van der Waals surface area (Å²) in [5.41, 5.74) is 32.1. The van der Waals surface area contributed by atoms with Gasteiger partial charge in [-0.25, -0.2) is 9.97 Å². The summed E-state index contributed by atoms with van der Waals surface area (Å²) in [6.07, 6.45) is 23.3. The number of hydrogen-bond donors (Lipinski definition) is 7. The van der Waals surface area contributed by atoms with Crippen molar-refractivity contribution in [2.24, 2.45) is 29.0 Å². The van der Waals surface area contributed by atoms with Crippen molar-refractivity contribution in [1.82, 2.24) is 58.0 Å². The number of carboxylic acids is 1. The molecule has 4 unspecified atom stereocenters. The van der Waals surface area contributed by atoms with Gasteiger partial charge in [-0.1, -0.05) is 30.3 Å². The van der Waals surface area contributed by atoms with Gasteiger partial charge in [-0.05, 0) is 193 Å². The van der Waals surface area contributed by atoms with Crippen LogP contribution >= 0.6 is 12.4 Å². The van der Waals surface area contributed by atoms with Crippen molar-refractivity contribution in [2.75, 3.05) is 10.6 Å². The summed E-state index contributed by atoms with van der Waals surface area (Å²) in [5.74, 6) is -0.992. The van der Waals surface area contributed by atoms with E-state index in [-0.39, 0.29) is 73.5 Å². The van der Waals surface area contributed by atoms with Crippen LogP contribution in [0.3, 0.4) is 0 Å². The Kier molecular flexibility index (Phi) is 49.4. The Morgan fingerprint density at radius 3 is 1.24 bits per heavy atom. The van der Waals surface area contributed by atoms with E-state index in [2.05, 4.69) is 120 Å². The van der Waals surface area contributed by atoms with E-state index in [1.165, 1.54) is 106 Å². The zero-order chi connectivity index (χ0) is 98.2. The molecular formula is C79H84ClN17O9S33. The first-order chi connectivity index (χ1) is 66.9. The smallest absolute Gasteiger partial charge is 0.323 e. The molecule has 2 saturated heterocycles. The van der Waals surface area contributed by atoms with Crippen LogP contribution in [0.1, 0.15) is 124 Å². The van der Waals surface area contributed by atoms with Crippen LogP contribution in [0.5, 0.6) is 0 Å². The topological polar surface area (TPSA) is 355 Å². The molecule has 11 aromatic rings. The number of nitrogens with two attached hydrogens (primary N) is 3. The molecule has 6 amide bonds. The number of anilines is 2. The van der Waals surface area contributed by atoms with Gasteiger partial charge in [0.05, 0.1) is 41.7 Å². The Morgan fingerprint density at radius 1 is 0.453 bits per heavy atom. The van der Waals surface area contributed by atoms with E-state index in [0.29, 0.717) is 51.2 Å².